The second-order valence-electron chi connectivity index (χ2n) is 2.95. The molecule has 0 aromatic heterocycles. The normalized spacial score (nSPS) is 17.3. The van der Waals surface area contributed by atoms with E-state index in [0.717, 1.165) is 9.80 Å². The average Bonchev–Trinajstić information content (AvgIpc) is 2.08. The molecule has 0 bridgehead atoms. The molecular formula is C8H10N2O4. The van der Waals surface area contributed by atoms with Crippen molar-refractivity contribution >= 4 is 23.6 Å². The van der Waals surface area contributed by atoms with E-state index in [1.807, 2.05) is 0 Å². The molecule has 1 aliphatic rings. The van der Waals surface area contributed by atoms with Crippen molar-refractivity contribution in [3.8, 4) is 0 Å². The molecule has 6 heteroatoms. The van der Waals surface area contributed by atoms with Gasteiger partial charge in [0.1, 0.15) is 0 Å². The quantitative estimate of drug-likeness (QED) is 0.456. The molecule has 1 saturated heterocycles. The zero-order valence-electron chi connectivity index (χ0n) is 7.94. The molecule has 0 N–H and O–H groups in total. The Morgan fingerprint density at radius 3 is 1.43 bits per heavy atom. The van der Waals surface area contributed by atoms with Crippen molar-refractivity contribution in [2.45, 2.75) is 13.8 Å². The summed E-state index contributed by atoms with van der Waals surface area (Å²) < 4.78 is 0. The van der Waals surface area contributed by atoms with Crippen molar-refractivity contribution in [2.24, 2.45) is 0 Å². The molecule has 1 rings (SSSR count). The molecule has 0 unspecified atom stereocenters. The molecule has 1 fully saturated rings. The van der Waals surface area contributed by atoms with Gasteiger partial charge in [0.15, 0.2) is 0 Å². The fraction of sp³-hybridized carbons (Fsp3) is 0.500. The first-order chi connectivity index (χ1) is 6.45. The lowest BCUT2D eigenvalue weighted by Crippen LogP contribution is -2.56. The van der Waals surface area contributed by atoms with E-state index >= 15 is 0 Å². The van der Waals surface area contributed by atoms with Crippen molar-refractivity contribution in [1.29, 1.82) is 0 Å². The molecule has 14 heavy (non-hydrogen) atoms. The van der Waals surface area contributed by atoms with E-state index in [-0.39, 0.29) is 13.1 Å². The number of piperazine rings is 1. The van der Waals surface area contributed by atoms with Crippen molar-refractivity contribution < 1.29 is 19.2 Å². The highest BCUT2D eigenvalue weighted by Crippen LogP contribution is 2.05. The van der Waals surface area contributed by atoms with Gasteiger partial charge in [0, 0.05) is 26.9 Å². The highest BCUT2D eigenvalue weighted by atomic mass is 16.2. The van der Waals surface area contributed by atoms with E-state index in [1.165, 1.54) is 13.8 Å². The lowest BCUT2D eigenvalue weighted by molar-refractivity contribution is -0.164. The molecule has 0 spiro atoms. The minimum absolute atomic E-state index is 0.0828. The van der Waals surface area contributed by atoms with Gasteiger partial charge in [0.25, 0.3) is 0 Å². The highest BCUT2D eigenvalue weighted by Gasteiger charge is 2.36. The maximum absolute atomic E-state index is 11.2. The number of nitrogens with zero attached hydrogens (tertiary/aromatic N) is 2. The van der Waals surface area contributed by atoms with Gasteiger partial charge in [0.2, 0.25) is 11.8 Å². The van der Waals surface area contributed by atoms with E-state index < -0.39 is 23.6 Å². The molecule has 0 aromatic carbocycles. The van der Waals surface area contributed by atoms with Crippen LogP contribution in [0.5, 0.6) is 0 Å². The van der Waals surface area contributed by atoms with E-state index in [2.05, 4.69) is 0 Å². The summed E-state index contributed by atoms with van der Waals surface area (Å²) in [4.78, 5) is 45.9. The van der Waals surface area contributed by atoms with Gasteiger partial charge < -0.3 is 0 Å². The van der Waals surface area contributed by atoms with Crippen LogP contribution in [0.1, 0.15) is 13.8 Å². The Balaban J connectivity index is 2.85. The summed E-state index contributed by atoms with van der Waals surface area (Å²) in [5.74, 6) is -2.82. The molecule has 4 amide bonds. The molecule has 0 saturated carbocycles. The predicted octanol–water partition coefficient (Wildman–Crippen LogP) is -1.25. The van der Waals surface area contributed by atoms with E-state index in [0.29, 0.717) is 0 Å². The monoisotopic (exact) mass is 198 g/mol. The molecular weight excluding hydrogens is 188 g/mol. The molecule has 1 heterocycles. The minimum Gasteiger partial charge on any atom is -0.275 e. The zero-order valence-corrected chi connectivity index (χ0v) is 7.94. The molecule has 0 aromatic rings. The maximum Gasteiger partial charge on any atom is 0.319 e. The fourth-order valence-corrected chi connectivity index (χ4v) is 1.23. The Morgan fingerprint density at radius 2 is 1.21 bits per heavy atom. The van der Waals surface area contributed by atoms with Gasteiger partial charge >= 0.3 is 11.8 Å². The molecule has 76 valence electrons. The molecule has 0 atom stereocenters. The van der Waals surface area contributed by atoms with Crippen molar-refractivity contribution in [1.82, 2.24) is 9.80 Å². The Bertz CT molecular complexity index is 291. The molecule has 1 aliphatic heterocycles. The number of rotatable bonds is 0. The van der Waals surface area contributed by atoms with Crippen LogP contribution in [-0.2, 0) is 19.2 Å². The average molecular weight is 198 g/mol. The van der Waals surface area contributed by atoms with Crippen LogP contribution >= 0.6 is 0 Å². The first-order valence-electron chi connectivity index (χ1n) is 4.09. The third kappa shape index (κ3) is 1.63. The Labute approximate surface area is 80.5 Å². The number of hydrogen-bond donors (Lipinski definition) is 0. The largest absolute Gasteiger partial charge is 0.319 e. The van der Waals surface area contributed by atoms with E-state index in [9.17, 15) is 19.2 Å². The van der Waals surface area contributed by atoms with Crippen molar-refractivity contribution in [3.63, 3.8) is 0 Å². The van der Waals surface area contributed by atoms with E-state index in [4.69, 9.17) is 0 Å². The SMILES string of the molecule is CC(=O)N1CCN(C(C)=O)C(=O)C1=O. The summed E-state index contributed by atoms with van der Waals surface area (Å²) in [6.45, 7) is 2.57. The lowest BCUT2D eigenvalue weighted by Gasteiger charge is -2.29. The third-order valence-electron chi connectivity index (χ3n) is 1.98. The topological polar surface area (TPSA) is 74.8 Å². The molecule has 0 aliphatic carbocycles. The first-order valence-corrected chi connectivity index (χ1v) is 4.09. The van der Waals surface area contributed by atoms with Crippen LogP contribution in [0.2, 0.25) is 0 Å². The Hall–Kier alpha value is -1.72. The number of carbonyl (C=O) groups is 4. The predicted molar refractivity (Wildman–Crippen MR) is 44.8 cm³/mol. The van der Waals surface area contributed by atoms with Gasteiger partial charge in [-0.25, -0.2) is 0 Å². The second kappa shape index (κ2) is 3.57. The van der Waals surface area contributed by atoms with E-state index in [1.54, 1.807) is 0 Å². The third-order valence-corrected chi connectivity index (χ3v) is 1.98. The van der Waals surface area contributed by atoms with Gasteiger partial charge in [0.05, 0.1) is 0 Å². The van der Waals surface area contributed by atoms with Crippen LogP contribution in [0.25, 0.3) is 0 Å². The van der Waals surface area contributed by atoms with Gasteiger partial charge in [-0.2, -0.15) is 0 Å². The van der Waals surface area contributed by atoms with Crippen LogP contribution < -0.4 is 0 Å². The Kier molecular flexibility index (Phi) is 2.64. The molecule has 6 nitrogen and oxygen atoms in total. The van der Waals surface area contributed by atoms with Gasteiger partial charge in [-0.1, -0.05) is 0 Å². The smallest absolute Gasteiger partial charge is 0.275 e. The fourth-order valence-electron chi connectivity index (χ4n) is 1.23. The number of amides is 4. The number of imide groups is 2. The van der Waals surface area contributed by atoms with Gasteiger partial charge in [-0.3, -0.25) is 29.0 Å². The van der Waals surface area contributed by atoms with Crippen LogP contribution in [0.15, 0.2) is 0 Å². The Morgan fingerprint density at radius 1 is 0.929 bits per heavy atom. The standard InChI is InChI=1S/C8H10N2O4/c1-5(11)9-3-4-10(6(2)12)8(14)7(9)13/h3-4H2,1-2H3. The maximum atomic E-state index is 11.2. The zero-order chi connectivity index (χ0) is 10.9. The number of carbonyl (C=O) groups excluding carboxylic acids is 4. The number of hydrogen-bond acceptors (Lipinski definition) is 4. The summed E-state index contributed by atoms with van der Waals surface area (Å²) in [6, 6.07) is 0. The first kappa shape index (κ1) is 10.4. The van der Waals surface area contributed by atoms with Gasteiger partial charge in [-0.15, -0.1) is 0 Å². The summed E-state index contributed by atoms with van der Waals surface area (Å²) >= 11 is 0. The summed E-state index contributed by atoms with van der Waals surface area (Å²) in [6.07, 6.45) is 0. The molecule has 0 radical (unpaired) electrons. The van der Waals surface area contributed by atoms with Crippen molar-refractivity contribution in [2.75, 3.05) is 13.1 Å². The summed E-state index contributed by atoms with van der Waals surface area (Å²) in [5, 5.41) is 0. The minimum atomic E-state index is -0.932. The van der Waals surface area contributed by atoms with Crippen LogP contribution in [0.4, 0.5) is 0 Å². The summed E-state index contributed by atoms with van der Waals surface area (Å²) in [5.41, 5.74) is 0. The van der Waals surface area contributed by atoms with Crippen LogP contribution in [-0.4, -0.2) is 46.5 Å². The van der Waals surface area contributed by atoms with Gasteiger partial charge in [-0.05, 0) is 0 Å². The van der Waals surface area contributed by atoms with Crippen LogP contribution in [0, 0.1) is 0 Å². The summed E-state index contributed by atoms with van der Waals surface area (Å²) in [7, 11) is 0. The van der Waals surface area contributed by atoms with Crippen LogP contribution in [0.3, 0.4) is 0 Å². The lowest BCUT2D eigenvalue weighted by atomic mass is 10.3. The second-order valence-corrected chi connectivity index (χ2v) is 2.95. The van der Waals surface area contributed by atoms with Crippen molar-refractivity contribution in [3.05, 3.63) is 0 Å². The highest BCUT2D eigenvalue weighted by molar-refractivity contribution is 6.40.